The van der Waals surface area contributed by atoms with Gasteiger partial charge in [-0.3, -0.25) is 14.4 Å². The molecule has 0 radical (unpaired) electrons. The van der Waals surface area contributed by atoms with Gasteiger partial charge in [0.05, 0.1) is 39.6 Å². The van der Waals surface area contributed by atoms with E-state index < -0.39 is 76.3 Å². The Morgan fingerprint density at radius 1 is 0.837 bits per heavy atom. The molecule has 1 unspecified atom stereocenters. The number of anilines is 1. The molecule has 4 aromatic rings. The van der Waals surface area contributed by atoms with Crippen molar-refractivity contribution >= 4 is 46.4 Å². The monoisotopic (exact) mass is 679 g/mol. The minimum atomic E-state index is -1.81. The van der Waals surface area contributed by atoms with Crippen LogP contribution in [0.25, 0.3) is 11.0 Å². The lowest BCUT2D eigenvalue weighted by atomic mass is 9.99. The summed E-state index contributed by atoms with van der Waals surface area (Å²) in [5.74, 6) is -10.2. The van der Waals surface area contributed by atoms with Crippen LogP contribution in [0.5, 0.6) is 0 Å². The van der Waals surface area contributed by atoms with Crippen LogP contribution in [-0.4, -0.2) is 62.4 Å². The molecule has 3 aromatic carbocycles. The van der Waals surface area contributed by atoms with E-state index >= 15 is 0 Å². The fourth-order valence-electron chi connectivity index (χ4n) is 5.82. The maximum Gasteiger partial charge on any atom is 0.335 e. The second kappa shape index (κ2) is 15.0. The highest BCUT2D eigenvalue weighted by molar-refractivity contribution is 6.11. The highest BCUT2D eigenvalue weighted by Crippen LogP contribution is 2.24. The molecule has 1 saturated carbocycles. The number of aromatic carboxylic acids is 2. The van der Waals surface area contributed by atoms with Crippen molar-refractivity contribution in [2.24, 2.45) is 5.92 Å². The zero-order valence-electron chi connectivity index (χ0n) is 25.9. The number of aromatic amines is 1. The number of hydrogen-bond donors (Lipinski definition) is 6. The molecule has 49 heavy (non-hydrogen) atoms. The summed E-state index contributed by atoms with van der Waals surface area (Å²) >= 11 is 0. The number of carboxylic acids is 2. The van der Waals surface area contributed by atoms with E-state index in [-0.39, 0.29) is 22.7 Å². The fourth-order valence-corrected chi connectivity index (χ4v) is 5.82. The minimum absolute atomic E-state index is 0.0544. The fraction of sp³-hybridized carbons (Fsp3) is 0.294. The summed E-state index contributed by atoms with van der Waals surface area (Å²) in [6.07, 6.45) is 6.89. The molecule has 15 heteroatoms. The molecule has 3 amide bonds. The molecule has 1 aliphatic rings. The predicted molar refractivity (Wildman–Crippen MR) is 170 cm³/mol. The topological polar surface area (TPSA) is 191 Å². The van der Waals surface area contributed by atoms with E-state index in [4.69, 9.17) is 0 Å². The molecule has 1 atom stereocenters. The first kappa shape index (κ1) is 34.6. The van der Waals surface area contributed by atoms with Crippen LogP contribution in [0.15, 0.2) is 48.8 Å². The first-order valence-corrected chi connectivity index (χ1v) is 15.5. The van der Waals surface area contributed by atoms with Crippen LogP contribution in [0.4, 0.5) is 18.9 Å². The summed E-state index contributed by atoms with van der Waals surface area (Å²) in [6.45, 7) is 0.384. The van der Waals surface area contributed by atoms with E-state index in [1.807, 2.05) is 0 Å². The van der Waals surface area contributed by atoms with Crippen molar-refractivity contribution in [1.82, 2.24) is 20.6 Å². The summed E-state index contributed by atoms with van der Waals surface area (Å²) < 4.78 is 42.6. The number of aromatic nitrogens is 2. The van der Waals surface area contributed by atoms with Crippen molar-refractivity contribution in [2.75, 3.05) is 11.9 Å². The first-order chi connectivity index (χ1) is 23.4. The van der Waals surface area contributed by atoms with Gasteiger partial charge in [-0.1, -0.05) is 31.7 Å². The van der Waals surface area contributed by atoms with E-state index in [9.17, 15) is 47.4 Å². The number of benzene rings is 3. The number of carboxylic acid groups (broad SMARTS) is 2. The van der Waals surface area contributed by atoms with Crippen molar-refractivity contribution in [3.05, 3.63) is 94.1 Å². The van der Waals surface area contributed by atoms with Gasteiger partial charge in [-0.15, -0.1) is 0 Å². The van der Waals surface area contributed by atoms with Crippen LogP contribution >= 0.6 is 0 Å². The molecule has 0 spiro atoms. The Morgan fingerprint density at radius 3 is 2.14 bits per heavy atom. The summed E-state index contributed by atoms with van der Waals surface area (Å²) in [5.41, 5.74) is -1.23. The van der Waals surface area contributed by atoms with Crippen LogP contribution in [0.3, 0.4) is 0 Å². The van der Waals surface area contributed by atoms with E-state index in [1.165, 1.54) is 18.5 Å². The maximum atomic E-state index is 14.8. The third kappa shape index (κ3) is 8.23. The molecule has 1 aliphatic carbocycles. The molecule has 0 aliphatic heterocycles. The van der Waals surface area contributed by atoms with Gasteiger partial charge in [0, 0.05) is 18.7 Å². The number of rotatable bonds is 11. The normalized spacial score (nSPS) is 14.1. The number of fused-ring (bicyclic) bond motifs is 1. The van der Waals surface area contributed by atoms with Crippen molar-refractivity contribution in [3.8, 4) is 0 Å². The Morgan fingerprint density at radius 2 is 1.49 bits per heavy atom. The zero-order chi connectivity index (χ0) is 35.2. The molecular weight excluding hydrogens is 647 g/mol. The van der Waals surface area contributed by atoms with Crippen LogP contribution in [0.1, 0.15) is 85.5 Å². The molecule has 6 N–H and O–H groups in total. The molecule has 1 heterocycles. The summed E-state index contributed by atoms with van der Waals surface area (Å²) in [4.78, 5) is 71.1. The first-order valence-electron chi connectivity index (χ1n) is 15.5. The average Bonchev–Trinajstić information content (AvgIpc) is 3.38. The number of amides is 3. The number of nitrogens with one attached hydrogen (secondary N) is 4. The van der Waals surface area contributed by atoms with E-state index in [0.717, 1.165) is 62.8 Å². The lowest BCUT2D eigenvalue weighted by Gasteiger charge is -2.21. The van der Waals surface area contributed by atoms with Crippen molar-refractivity contribution in [3.63, 3.8) is 0 Å². The highest BCUT2D eigenvalue weighted by Gasteiger charge is 2.28. The second-order valence-corrected chi connectivity index (χ2v) is 11.8. The summed E-state index contributed by atoms with van der Waals surface area (Å²) in [7, 11) is 0. The number of carbonyl (C=O) groups is 5. The zero-order valence-corrected chi connectivity index (χ0v) is 25.9. The lowest BCUT2D eigenvalue weighted by Crippen LogP contribution is -2.46. The molecular formula is C34H32F3N5O7. The van der Waals surface area contributed by atoms with Crippen LogP contribution in [-0.2, 0) is 11.2 Å². The average molecular weight is 680 g/mol. The Bertz CT molecular complexity index is 1910. The van der Waals surface area contributed by atoms with Gasteiger partial charge in [-0.05, 0) is 60.7 Å². The maximum absolute atomic E-state index is 14.8. The molecule has 0 bridgehead atoms. The van der Waals surface area contributed by atoms with E-state index in [1.54, 1.807) is 0 Å². The van der Waals surface area contributed by atoms with Gasteiger partial charge >= 0.3 is 11.9 Å². The summed E-state index contributed by atoms with van der Waals surface area (Å²) in [5, 5.41) is 26.5. The van der Waals surface area contributed by atoms with Gasteiger partial charge in [0.1, 0.15) is 6.04 Å². The highest BCUT2D eigenvalue weighted by atomic mass is 19.2. The van der Waals surface area contributed by atoms with E-state index in [0.29, 0.717) is 23.6 Å². The standard InChI is InChI=1S/C34H32F3N5O7/c35-24-8-7-18(28(36)29(24)37)12-27(32(45)41-21-10-19(33(46)47)9-20(11-21)34(48)49)42-31(44)23-14-26-25(39-16-40-26)13-22(23)30(43)38-15-17-5-3-1-2-4-6-17/h7-11,13-14,16-17,27H,1-6,12,15H2,(H,38,43)(H,39,40)(H,41,45)(H,42,44)(H,46,47)(H,48,49). The molecule has 12 nitrogen and oxygen atoms in total. The SMILES string of the molecule is O=C(O)c1cc(NC(=O)C(Cc2ccc(F)c(F)c2F)NC(=O)c2cc3nc[nH]c3cc2C(=O)NCC2CCCCCC2)cc(C(=O)O)c1. The molecule has 5 rings (SSSR count). The van der Waals surface area contributed by atoms with Gasteiger partial charge in [0.25, 0.3) is 11.8 Å². The number of H-pyrrole nitrogens is 1. The van der Waals surface area contributed by atoms with Crippen molar-refractivity contribution < 1.29 is 47.4 Å². The van der Waals surface area contributed by atoms with Gasteiger partial charge in [0.15, 0.2) is 17.5 Å². The van der Waals surface area contributed by atoms with Gasteiger partial charge in [-0.2, -0.15) is 0 Å². The Kier molecular flexibility index (Phi) is 10.6. The number of nitrogens with zero attached hydrogens (tertiary/aromatic N) is 1. The number of halogens is 3. The van der Waals surface area contributed by atoms with Gasteiger partial charge in [0.2, 0.25) is 5.91 Å². The minimum Gasteiger partial charge on any atom is -0.478 e. The third-order valence-corrected chi connectivity index (χ3v) is 8.43. The van der Waals surface area contributed by atoms with Crippen LogP contribution in [0, 0.1) is 23.4 Å². The quantitative estimate of drug-likeness (QED) is 0.0937. The molecule has 0 saturated heterocycles. The Labute approximate surface area is 277 Å². The largest absolute Gasteiger partial charge is 0.478 e. The number of imidazole rings is 1. The smallest absolute Gasteiger partial charge is 0.335 e. The Hall–Kier alpha value is -5.73. The van der Waals surface area contributed by atoms with E-state index in [2.05, 4.69) is 25.9 Å². The number of carbonyl (C=O) groups excluding carboxylic acids is 3. The third-order valence-electron chi connectivity index (χ3n) is 8.43. The predicted octanol–water partition coefficient (Wildman–Crippen LogP) is 5.06. The molecule has 1 aromatic heterocycles. The van der Waals surface area contributed by atoms with Gasteiger partial charge < -0.3 is 31.1 Å². The number of hydrogen-bond acceptors (Lipinski definition) is 6. The summed E-state index contributed by atoms with van der Waals surface area (Å²) in [6, 6.07) is 5.34. The Balaban J connectivity index is 1.47. The lowest BCUT2D eigenvalue weighted by molar-refractivity contribution is -0.118. The van der Waals surface area contributed by atoms with Crippen molar-refractivity contribution in [1.29, 1.82) is 0 Å². The second-order valence-electron chi connectivity index (χ2n) is 11.8. The molecule has 1 fully saturated rings. The van der Waals surface area contributed by atoms with Crippen molar-refractivity contribution in [2.45, 2.75) is 51.0 Å². The van der Waals surface area contributed by atoms with Crippen LogP contribution in [0.2, 0.25) is 0 Å². The van der Waals surface area contributed by atoms with Gasteiger partial charge in [-0.25, -0.2) is 27.7 Å². The molecule has 256 valence electrons. The van der Waals surface area contributed by atoms with Crippen LogP contribution < -0.4 is 16.0 Å².